The molecule has 0 bridgehead atoms. The Kier molecular flexibility index (Phi) is 1.55. The van der Waals surface area contributed by atoms with Crippen molar-refractivity contribution in [3.63, 3.8) is 0 Å². The van der Waals surface area contributed by atoms with Crippen LogP contribution in [0, 0.1) is 5.82 Å². The Balaban J connectivity index is 2.84. The van der Waals surface area contributed by atoms with Crippen LogP contribution in [0.4, 0.5) is 4.39 Å². The molecule has 0 fully saturated rings. The summed E-state index contributed by atoms with van der Waals surface area (Å²) in [5.74, 6) is -1.15. The fourth-order valence-corrected chi connectivity index (χ4v) is 1.25. The minimum atomic E-state index is -0.702. The molecular weight excluding hydrogens is 173 g/mol. The van der Waals surface area contributed by atoms with Gasteiger partial charge in [0.1, 0.15) is 0 Å². The molecule has 2 rings (SSSR count). The maximum absolute atomic E-state index is 12.8. The smallest absolute Gasteiger partial charge is 0.166 e. The van der Waals surface area contributed by atoms with E-state index in [0.29, 0.717) is 22.8 Å². The molecule has 0 saturated heterocycles. The van der Waals surface area contributed by atoms with Gasteiger partial charge in [0.15, 0.2) is 17.9 Å². The molecule has 0 spiro atoms. The van der Waals surface area contributed by atoms with E-state index in [1.807, 2.05) is 0 Å². The molecule has 2 N–H and O–H groups in total. The summed E-state index contributed by atoms with van der Waals surface area (Å²) in [6, 6.07) is 2.38. The summed E-state index contributed by atoms with van der Waals surface area (Å²) in [7, 11) is 0. The topological polar surface area (TPSA) is 53.1 Å². The van der Waals surface area contributed by atoms with Crippen molar-refractivity contribution in [1.29, 1.82) is 0 Å². The van der Waals surface area contributed by atoms with Crippen molar-refractivity contribution in [3.8, 4) is 5.75 Å². The first-order valence-electron chi connectivity index (χ1n) is 3.67. The summed E-state index contributed by atoms with van der Waals surface area (Å²) in [5.41, 5.74) is 0.905. The molecule has 0 amide bonds. The minimum Gasteiger partial charge on any atom is -0.505 e. The highest BCUT2D eigenvalue weighted by Gasteiger charge is 2.07. The Bertz CT molecular complexity index is 476. The highest BCUT2D eigenvalue weighted by Crippen LogP contribution is 2.24. The highest BCUT2D eigenvalue weighted by atomic mass is 19.1. The SMILES string of the molecule is O=Cc1c[nH]c2cc(F)c(O)cc12. The van der Waals surface area contributed by atoms with Crippen molar-refractivity contribution in [2.45, 2.75) is 0 Å². The zero-order valence-electron chi connectivity index (χ0n) is 6.54. The first-order valence-corrected chi connectivity index (χ1v) is 3.67. The summed E-state index contributed by atoms with van der Waals surface area (Å²) in [6.45, 7) is 0. The second-order valence-corrected chi connectivity index (χ2v) is 2.71. The lowest BCUT2D eigenvalue weighted by atomic mass is 10.2. The minimum absolute atomic E-state index is 0.408. The van der Waals surface area contributed by atoms with Crippen LogP contribution in [-0.4, -0.2) is 16.4 Å². The molecule has 2 aromatic rings. The number of hydrogen-bond donors (Lipinski definition) is 2. The first-order chi connectivity index (χ1) is 6.22. The monoisotopic (exact) mass is 179 g/mol. The van der Waals surface area contributed by atoms with E-state index in [4.69, 9.17) is 5.11 Å². The van der Waals surface area contributed by atoms with E-state index in [9.17, 15) is 9.18 Å². The molecule has 1 aromatic carbocycles. The third kappa shape index (κ3) is 1.07. The predicted octanol–water partition coefficient (Wildman–Crippen LogP) is 1.83. The summed E-state index contributed by atoms with van der Waals surface area (Å²) < 4.78 is 12.8. The molecule has 0 atom stereocenters. The third-order valence-electron chi connectivity index (χ3n) is 1.91. The van der Waals surface area contributed by atoms with Gasteiger partial charge >= 0.3 is 0 Å². The number of aromatic nitrogens is 1. The molecule has 0 radical (unpaired) electrons. The summed E-state index contributed by atoms with van der Waals surface area (Å²) in [6.07, 6.45) is 2.12. The average molecular weight is 179 g/mol. The number of carbonyl (C=O) groups excluding carboxylic acids is 1. The molecule has 0 aliphatic carbocycles. The molecule has 66 valence electrons. The Morgan fingerprint density at radius 3 is 2.92 bits per heavy atom. The molecule has 0 aliphatic rings. The molecule has 4 heteroatoms. The maximum Gasteiger partial charge on any atom is 0.166 e. The second kappa shape index (κ2) is 2.58. The van der Waals surface area contributed by atoms with Crippen molar-refractivity contribution in [3.05, 3.63) is 29.7 Å². The van der Waals surface area contributed by atoms with Gasteiger partial charge < -0.3 is 10.1 Å². The number of aldehydes is 1. The van der Waals surface area contributed by atoms with Crippen LogP contribution in [0.25, 0.3) is 10.9 Å². The number of hydrogen-bond acceptors (Lipinski definition) is 2. The van der Waals surface area contributed by atoms with Crippen LogP contribution >= 0.6 is 0 Å². The standard InChI is InChI=1S/C9H6FNO2/c10-7-2-8-6(1-9(7)13)5(4-12)3-11-8/h1-4,11,13H. The molecular formula is C9H6FNO2. The van der Waals surface area contributed by atoms with Gasteiger partial charge in [0, 0.05) is 28.7 Å². The van der Waals surface area contributed by atoms with Crippen LogP contribution in [0.15, 0.2) is 18.3 Å². The summed E-state index contributed by atoms with van der Waals surface area (Å²) in [5, 5.41) is 9.57. The normalized spacial score (nSPS) is 10.5. The number of rotatable bonds is 1. The van der Waals surface area contributed by atoms with Gasteiger partial charge in [0.2, 0.25) is 0 Å². The van der Waals surface area contributed by atoms with Crippen molar-refractivity contribution < 1.29 is 14.3 Å². The van der Waals surface area contributed by atoms with Crippen molar-refractivity contribution in [2.75, 3.05) is 0 Å². The van der Waals surface area contributed by atoms with Crippen molar-refractivity contribution in [1.82, 2.24) is 4.98 Å². The number of aromatic amines is 1. The van der Waals surface area contributed by atoms with Gasteiger partial charge in [0.05, 0.1) is 0 Å². The number of carbonyl (C=O) groups is 1. The quantitative estimate of drug-likeness (QED) is 0.656. The summed E-state index contributed by atoms with van der Waals surface area (Å²) in [4.78, 5) is 13.2. The number of phenolic OH excluding ortho intramolecular Hbond substituents is 1. The zero-order chi connectivity index (χ0) is 9.42. The van der Waals surface area contributed by atoms with Gasteiger partial charge in [0.25, 0.3) is 0 Å². The third-order valence-corrected chi connectivity index (χ3v) is 1.91. The highest BCUT2D eigenvalue weighted by molar-refractivity contribution is 5.97. The fraction of sp³-hybridized carbons (Fsp3) is 0. The molecule has 3 nitrogen and oxygen atoms in total. The molecule has 13 heavy (non-hydrogen) atoms. The molecule has 0 aliphatic heterocycles. The number of H-pyrrole nitrogens is 1. The Hall–Kier alpha value is -1.84. The van der Waals surface area contributed by atoms with Gasteiger partial charge in [-0.15, -0.1) is 0 Å². The average Bonchev–Trinajstić information content (AvgIpc) is 2.48. The van der Waals surface area contributed by atoms with Crippen molar-refractivity contribution >= 4 is 17.2 Å². The van der Waals surface area contributed by atoms with Gasteiger partial charge in [-0.05, 0) is 6.07 Å². The Labute approximate surface area is 72.8 Å². The summed E-state index contributed by atoms with van der Waals surface area (Å²) >= 11 is 0. The van der Waals surface area contributed by atoms with Gasteiger partial charge in [-0.1, -0.05) is 0 Å². The number of halogens is 1. The van der Waals surface area contributed by atoms with E-state index in [0.717, 1.165) is 6.07 Å². The fourth-order valence-electron chi connectivity index (χ4n) is 1.25. The van der Waals surface area contributed by atoms with Crippen LogP contribution in [0.5, 0.6) is 5.75 Å². The van der Waals surface area contributed by atoms with E-state index >= 15 is 0 Å². The van der Waals surface area contributed by atoms with E-state index in [1.54, 1.807) is 0 Å². The van der Waals surface area contributed by atoms with E-state index in [-0.39, 0.29) is 0 Å². The lowest BCUT2D eigenvalue weighted by molar-refractivity contribution is 0.112. The van der Waals surface area contributed by atoms with Gasteiger partial charge in [-0.3, -0.25) is 4.79 Å². The van der Waals surface area contributed by atoms with Crippen LogP contribution in [0.2, 0.25) is 0 Å². The lowest BCUT2D eigenvalue weighted by Gasteiger charge is -1.95. The largest absolute Gasteiger partial charge is 0.505 e. The van der Waals surface area contributed by atoms with Crippen LogP contribution in [0.1, 0.15) is 10.4 Å². The van der Waals surface area contributed by atoms with Gasteiger partial charge in [-0.2, -0.15) is 0 Å². The van der Waals surface area contributed by atoms with E-state index in [2.05, 4.69) is 4.98 Å². The van der Waals surface area contributed by atoms with Crippen molar-refractivity contribution in [2.24, 2.45) is 0 Å². The van der Waals surface area contributed by atoms with E-state index < -0.39 is 11.6 Å². The number of phenols is 1. The lowest BCUT2D eigenvalue weighted by Crippen LogP contribution is -1.78. The molecule has 0 unspecified atom stereocenters. The number of benzene rings is 1. The Morgan fingerprint density at radius 2 is 2.23 bits per heavy atom. The maximum atomic E-state index is 12.8. The first kappa shape index (κ1) is 7.79. The zero-order valence-corrected chi connectivity index (χ0v) is 6.54. The number of aromatic hydroxyl groups is 1. The predicted molar refractivity (Wildman–Crippen MR) is 45.3 cm³/mol. The second-order valence-electron chi connectivity index (χ2n) is 2.71. The van der Waals surface area contributed by atoms with E-state index in [1.165, 1.54) is 12.3 Å². The van der Waals surface area contributed by atoms with Crippen LogP contribution in [-0.2, 0) is 0 Å². The van der Waals surface area contributed by atoms with Crippen LogP contribution in [0.3, 0.4) is 0 Å². The number of nitrogens with one attached hydrogen (secondary N) is 1. The molecule has 1 aromatic heterocycles. The molecule has 0 saturated carbocycles. The molecule has 1 heterocycles. The Morgan fingerprint density at radius 1 is 1.46 bits per heavy atom. The number of fused-ring (bicyclic) bond motifs is 1. The van der Waals surface area contributed by atoms with Gasteiger partial charge in [-0.25, -0.2) is 4.39 Å². The van der Waals surface area contributed by atoms with Crippen LogP contribution < -0.4 is 0 Å².